The summed E-state index contributed by atoms with van der Waals surface area (Å²) < 4.78 is 24.7. The molecule has 1 aliphatic heterocycles. The van der Waals surface area contributed by atoms with Crippen molar-refractivity contribution in [2.75, 3.05) is 18.5 Å². The van der Waals surface area contributed by atoms with Gasteiger partial charge in [0.25, 0.3) is 5.88 Å². The Morgan fingerprint density at radius 2 is 1.93 bits per heavy atom. The number of benzene rings is 2. The number of rotatable bonds is 11. The molecule has 1 saturated heterocycles. The Kier molecular flexibility index (Phi) is 9.21. The number of anilines is 2. The van der Waals surface area contributed by atoms with Crippen LogP contribution in [-0.4, -0.2) is 38.8 Å². The Bertz CT molecular complexity index is 1670. The molecule has 5 rings (SSSR count). The van der Waals surface area contributed by atoms with Crippen molar-refractivity contribution in [1.82, 2.24) is 19.3 Å². The van der Waals surface area contributed by atoms with Crippen molar-refractivity contribution in [2.24, 2.45) is 0 Å². The zero-order valence-corrected chi connectivity index (χ0v) is 24.2. The third-order valence-corrected chi connectivity index (χ3v) is 6.90. The number of hydrogen-bond acceptors (Lipinski definition) is 9. The lowest BCUT2D eigenvalue weighted by atomic mass is 10.2. The Morgan fingerprint density at radius 3 is 2.62 bits per heavy atom. The average molecular weight is 594 g/mol. The molecular weight excluding hydrogens is 562 g/mol. The van der Waals surface area contributed by atoms with Crippen LogP contribution in [-0.2, 0) is 22.6 Å². The normalized spacial score (nSPS) is 15.0. The first-order chi connectivity index (χ1) is 20.2. The fourth-order valence-electron chi connectivity index (χ4n) is 4.47. The van der Waals surface area contributed by atoms with Crippen LogP contribution in [0.1, 0.15) is 36.1 Å². The van der Waals surface area contributed by atoms with Crippen molar-refractivity contribution < 1.29 is 18.7 Å². The van der Waals surface area contributed by atoms with Crippen LogP contribution >= 0.6 is 11.6 Å². The van der Waals surface area contributed by atoms with Gasteiger partial charge in [-0.3, -0.25) is 4.57 Å². The molecule has 0 spiro atoms. The maximum absolute atomic E-state index is 13.7. The molecule has 0 bridgehead atoms. The zero-order valence-electron chi connectivity index (χ0n) is 23.5. The molecule has 11 nitrogen and oxygen atoms in total. The second kappa shape index (κ2) is 13.2. The lowest BCUT2D eigenvalue weighted by molar-refractivity contribution is -0.157. The third kappa shape index (κ3) is 7.35. The predicted molar refractivity (Wildman–Crippen MR) is 158 cm³/mol. The molecule has 1 N–H and O–H groups in total. The second-order valence-corrected chi connectivity index (χ2v) is 10.6. The number of halogens is 1. The summed E-state index contributed by atoms with van der Waals surface area (Å²) in [6.07, 6.45) is 2.53. The molecule has 12 heteroatoms. The van der Waals surface area contributed by atoms with Crippen LogP contribution in [0.25, 0.3) is 0 Å². The van der Waals surface area contributed by atoms with E-state index in [4.69, 9.17) is 30.3 Å². The van der Waals surface area contributed by atoms with E-state index in [0.717, 1.165) is 35.0 Å². The van der Waals surface area contributed by atoms with E-state index in [1.165, 1.54) is 4.57 Å². The quantitative estimate of drug-likeness (QED) is 0.229. The van der Waals surface area contributed by atoms with E-state index < -0.39 is 11.4 Å². The largest absolute Gasteiger partial charge is 0.436 e. The molecule has 2 aromatic heterocycles. The van der Waals surface area contributed by atoms with Crippen LogP contribution in [0.4, 0.5) is 11.6 Å². The minimum absolute atomic E-state index is 0.0368. The molecular formula is C30H32ClN5O6. The first-order valence-corrected chi connectivity index (χ1v) is 14.0. The average Bonchev–Trinajstić information content (AvgIpc) is 3.39. The van der Waals surface area contributed by atoms with Crippen LogP contribution in [0.2, 0.25) is 5.02 Å². The molecule has 4 aromatic rings. The zero-order chi connectivity index (χ0) is 29.6. The summed E-state index contributed by atoms with van der Waals surface area (Å²) in [6, 6.07) is 14.1. The molecule has 220 valence electrons. The Labute approximate surface area is 247 Å². The number of nitrogens with one attached hydrogen (secondary N) is 1. The van der Waals surface area contributed by atoms with E-state index in [0.29, 0.717) is 40.3 Å². The summed E-state index contributed by atoms with van der Waals surface area (Å²) in [4.78, 5) is 31.1. The highest BCUT2D eigenvalue weighted by atomic mass is 35.5. The van der Waals surface area contributed by atoms with Crippen molar-refractivity contribution in [1.29, 1.82) is 0 Å². The molecule has 1 aliphatic rings. The van der Waals surface area contributed by atoms with Gasteiger partial charge < -0.3 is 24.1 Å². The SMILES string of the molecule is C=C(COC1CCCCO1)Cn1c(=O)nc(Nc2ccc(Oc3cc(C)on3)c(C)c2)n(Cc2ccc(Cl)cc2)c1=O. The van der Waals surface area contributed by atoms with Gasteiger partial charge in [0.05, 0.1) is 19.7 Å². The van der Waals surface area contributed by atoms with Crippen LogP contribution in [0.3, 0.4) is 0 Å². The van der Waals surface area contributed by atoms with Crippen molar-refractivity contribution >= 4 is 23.2 Å². The topological polar surface area (TPSA) is 123 Å². The van der Waals surface area contributed by atoms with Crippen LogP contribution in [0.15, 0.2) is 74.8 Å². The van der Waals surface area contributed by atoms with Gasteiger partial charge in [-0.1, -0.05) is 30.3 Å². The van der Waals surface area contributed by atoms with Crippen molar-refractivity contribution in [3.8, 4) is 11.6 Å². The van der Waals surface area contributed by atoms with Gasteiger partial charge in [-0.05, 0) is 85.3 Å². The summed E-state index contributed by atoms with van der Waals surface area (Å²) in [5.74, 6) is 1.65. The maximum atomic E-state index is 13.7. The van der Waals surface area contributed by atoms with E-state index in [-0.39, 0.29) is 31.9 Å². The highest BCUT2D eigenvalue weighted by Gasteiger charge is 2.18. The van der Waals surface area contributed by atoms with Gasteiger partial charge in [0.2, 0.25) is 5.95 Å². The van der Waals surface area contributed by atoms with E-state index in [9.17, 15) is 9.59 Å². The van der Waals surface area contributed by atoms with Crippen molar-refractivity contribution in [3.05, 3.63) is 104 Å². The lowest BCUT2D eigenvalue weighted by Crippen LogP contribution is -2.43. The molecule has 0 amide bonds. The number of hydrogen-bond donors (Lipinski definition) is 1. The highest BCUT2D eigenvalue weighted by molar-refractivity contribution is 6.30. The van der Waals surface area contributed by atoms with Crippen LogP contribution in [0.5, 0.6) is 11.6 Å². The van der Waals surface area contributed by atoms with E-state index >= 15 is 0 Å². The van der Waals surface area contributed by atoms with Gasteiger partial charge >= 0.3 is 11.4 Å². The Hall–Kier alpha value is -4.19. The molecule has 0 radical (unpaired) electrons. The molecule has 0 saturated carbocycles. The number of ether oxygens (including phenoxy) is 3. The predicted octanol–water partition coefficient (Wildman–Crippen LogP) is 5.35. The van der Waals surface area contributed by atoms with Gasteiger partial charge in [-0.2, -0.15) is 4.98 Å². The minimum Gasteiger partial charge on any atom is -0.436 e. The first-order valence-electron chi connectivity index (χ1n) is 13.6. The third-order valence-electron chi connectivity index (χ3n) is 6.65. The Balaban J connectivity index is 1.40. The highest BCUT2D eigenvalue weighted by Crippen LogP contribution is 2.28. The molecule has 1 unspecified atom stereocenters. The van der Waals surface area contributed by atoms with Crippen LogP contribution < -0.4 is 21.4 Å². The first kappa shape index (κ1) is 29.3. The summed E-state index contributed by atoms with van der Waals surface area (Å²) in [6.45, 7) is 8.58. The van der Waals surface area contributed by atoms with Crippen molar-refractivity contribution in [2.45, 2.75) is 52.5 Å². The molecule has 1 fully saturated rings. The second-order valence-electron chi connectivity index (χ2n) is 10.1. The summed E-state index contributed by atoms with van der Waals surface area (Å²) >= 11 is 6.06. The fraction of sp³-hybridized carbons (Fsp3) is 0.333. The van der Waals surface area contributed by atoms with Gasteiger partial charge in [0.1, 0.15) is 11.5 Å². The van der Waals surface area contributed by atoms with E-state index in [2.05, 4.69) is 22.0 Å². The summed E-state index contributed by atoms with van der Waals surface area (Å²) in [5, 5.41) is 7.56. The monoisotopic (exact) mass is 593 g/mol. The molecule has 0 aliphatic carbocycles. The number of aromatic nitrogens is 4. The van der Waals surface area contributed by atoms with Crippen molar-refractivity contribution in [3.63, 3.8) is 0 Å². The fourth-order valence-corrected chi connectivity index (χ4v) is 4.60. The molecule has 2 aromatic carbocycles. The standard InChI is InChI=1S/C30H32ClN5O6/c1-19(18-40-27-6-4-5-13-39-27)16-36-29(37)33-28(35(30(36)38)17-22-7-9-23(31)10-8-22)32-24-11-12-25(20(2)14-24)41-26-15-21(3)42-34-26/h7-12,14-15,27H,1,4-6,13,16-18H2,2-3H3,(H,32,33,37). The van der Waals surface area contributed by atoms with Gasteiger partial charge in [-0.15, -0.1) is 0 Å². The molecule has 1 atom stereocenters. The maximum Gasteiger partial charge on any atom is 0.355 e. The Morgan fingerprint density at radius 1 is 1.12 bits per heavy atom. The van der Waals surface area contributed by atoms with Gasteiger partial charge in [-0.25, -0.2) is 14.2 Å². The van der Waals surface area contributed by atoms with Crippen LogP contribution in [0, 0.1) is 13.8 Å². The van der Waals surface area contributed by atoms with Gasteiger partial charge in [0, 0.05) is 23.4 Å². The van der Waals surface area contributed by atoms with E-state index in [1.807, 2.05) is 25.1 Å². The lowest BCUT2D eigenvalue weighted by Gasteiger charge is -2.23. The smallest absolute Gasteiger partial charge is 0.355 e. The summed E-state index contributed by atoms with van der Waals surface area (Å²) in [7, 11) is 0. The van der Waals surface area contributed by atoms with E-state index in [1.54, 1.807) is 37.3 Å². The summed E-state index contributed by atoms with van der Waals surface area (Å²) in [5.41, 5.74) is 1.51. The molecule has 3 heterocycles. The van der Waals surface area contributed by atoms with Gasteiger partial charge in [0.15, 0.2) is 6.29 Å². The number of aryl methyl sites for hydroxylation is 2. The number of nitrogens with zero attached hydrogens (tertiary/aromatic N) is 4. The molecule has 42 heavy (non-hydrogen) atoms. The minimum atomic E-state index is -0.706.